The van der Waals surface area contributed by atoms with Gasteiger partial charge < -0.3 is 5.32 Å². The minimum absolute atomic E-state index is 0.0466. The van der Waals surface area contributed by atoms with E-state index in [1.165, 1.54) is 6.07 Å². The number of hydrogen-bond acceptors (Lipinski definition) is 4. The third-order valence-electron chi connectivity index (χ3n) is 1.96. The third-order valence-corrected chi connectivity index (χ3v) is 2.17. The summed E-state index contributed by atoms with van der Waals surface area (Å²) in [4.78, 5) is 25.4. The van der Waals surface area contributed by atoms with Gasteiger partial charge in [0.2, 0.25) is 0 Å². The van der Waals surface area contributed by atoms with Crippen molar-refractivity contribution in [2.75, 3.05) is 6.54 Å². The van der Waals surface area contributed by atoms with Crippen LogP contribution in [0, 0.1) is 16.0 Å². The summed E-state index contributed by atoms with van der Waals surface area (Å²) in [7, 11) is 0. The lowest BCUT2D eigenvalue weighted by Crippen LogP contribution is -2.28. The molecular weight excluding hydrogens is 246 g/mol. The maximum Gasteiger partial charge on any atom is 0.300 e. The molecular formula is C10H12ClN3O3. The van der Waals surface area contributed by atoms with Crippen molar-refractivity contribution in [1.82, 2.24) is 10.3 Å². The van der Waals surface area contributed by atoms with Crippen LogP contribution in [0.4, 0.5) is 5.69 Å². The zero-order chi connectivity index (χ0) is 13.0. The first kappa shape index (κ1) is 13.4. The number of nitro groups is 1. The molecule has 1 amide bonds. The smallest absolute Gasteiger partial charge is 0.300 e. The summed E-state index contributed by atoms with van der Waals surface area (Å²) >= 11 is 5.61. The Hall–Kier alpha value is -1.69. The molecule has 1 aromatic heterocycles. The monoisotopic (exact) mass is 257 g/mol. The van der Waals surface area contributed by atoms with Crippen LogP contribution in [0.15, 0.2) is 12.3 Å². The lowest BCUT2D eigenvalue weighted by atomic mass is 10.2. The number of carbonyl (C=O) groups excluding carboxylic acids is 1. The van der Waals surface area contributed by atoms with Crippen LogP contribution >= 0.6 is 11.6 Å². The molecule has 0 aliphatic rings. The predicted molar refractivity (Wildman–Crippen MR) is 63.1 cm³/mol. The molecule has 0 saturated heterocycles. The SMILES string of the molecule is CC(C)CNC(=O)c1cc(Cl)ncc1[N+](=O)[O-]. The van der Waals surface area contributed by atoms with Crippen molar-refractivity contribution in [3.63, 3.8) is 0 Å². The third kappa shape index (κ3) is 3.67. The van der Waals surface area contributed by atoms with Gasteiger partial charge in [0, 0.05) is 6.54 Å². The fraction of sp³-hybridized carbons (Fsp3) is 0.400. The zero-order valence-electron chi connectivity index (χ0n) is 9.44. The van der Waals surface area contributed by atoms with E-state index in [1.807, 2.05) is 13.8 Å². The fourth-order valence-electron chi connectivity index (χ4n) is 1.14. The van der Waals surface area contributed by atoms with E-state index < -0.39 is 10.8 Å². The summed E-state index contributed by atoms with van der Waals surface area (Å²) in [6.07, 6.45) is 0.979. The first-order valence-corrected chi connectivity index (χ1v) is 5.37. The molecule has 7 heteroatoms. The number of aromatic nitrogens is 1. The van der Waals surface area contributed by atoms with Crippen LogP contribution in [-0.4, -0.2) is 22.4 Å². The van der Waals surface area contributed by atoms with Gasteiger partial charge in [0.25, 0.3) is 11.6 Å². The number of halogens is 1. The van der Waals surface area contributed by atoms with Gasteiger partial charge in [-0.1, -0.05) is 25.4 Å². The second-order valence-corrected chi connectivity index (χ2v) is 4.27. The molecule has 17 heavy (non-hydrogen) atoms. The van der Waals surface area contributed by atoms with Gasteiger partial charge in [-0.2, -0.15) is 0 Å². The van der Waals surface area contributed by atoms with Crippen LogP contribution in [0.25, 0.3) is 0 Å². The summed E-state index contributed by atoms with van der Waals surface area (Å²) in [5.41, 5.74) is -0.425. The van der Waals surface area contributed by atoms with E-state index in [4.69, 9.17) is 11.6 Å². The molecule has 0 atom stereocenters. The van der Waals surface area contributed by atoms with Gasteiger partial charge in [-0.25, -0.2) is 4.98 Å². The highest BCUT2D eigenvalue weighted by molar-refractivity contribution is 6.29. The Balaban J connectivity index is 2.98. The Kier molecular flexibility index (Phi) is 4.39. The second kappa shape index (κ2) is 5.58. The molecule has 1 aromatic rings. The number of pyridine rings is 1. The minimum Gasteiger partial charge on any atom is -0.352 e. The molecule has 0 aliphatic heterocycles. The number of rotatable bonds is 4. The van der Waals surface area contributed by atoms with E-state index in [9.17, 15) is 14.9 Å². The van der Waals surface area contributed by atoms with E-state index in [1.54, 1.807) is 0 Å². The summed E-state index contributed by atoms with van der Waals surface area (Å²) < 4.78 is 0. The second-order valence-electron chi connectivity index (χ2n) is 3.89. The van der Waals surface area contributed by atoms with Gasteiger partial charge in [-0.15, -0.1) is 0 Å². The number of carbonyl (C=O) groups is 1. The van der Waals surface area contributed by atoms with Gasteiger partial charge in [0.05, 0.1) is 4.92 Å². The Morgan fingerprint density at radius 2 is 2.29 bits per heavy atom. The van der Waals surface area contributed by atoms with Crippen LogP contribution in [0.3, 0.4) is 0 Å². The van der Waals surface area contributed by atoms with Crippen LogP contribution in [0.2, 0.25) is 5.15 Å². The van der Waals surface area contributed by atoms with Gasteiger partial charge in [0.1, 0.15) is 16.9 Å². The molecule has 0 aliphatic carbocycles. The van der Waals surface area contributed by atoms with Crippen molar-refractivity contribution in [1.29, 1.82) is 0 Å². The standard InChI is InChI=1S/C10H12ClN3O3/c1-6(2)4-13-10(15)7-3-9(11)12-5-8(7)14(16)17/h3,5-6H,4H2,1-2H3,(H,13,15). The number of nitrogens with one attached hydrogen (secondary N) is 1. The lowest BCUT2D eigenvalue weighted by molar-refractivity contribution is -0.385. The van der Waals surface area contributed by atoms with E-state index in [-0.39, 0.29) is 22.3 Å². The highest BCUT2D eigenvalue weighted by Crippen LogP contribution is 2.20. The average Bonchev–Trinajstić information content (AvgIpc) is 2.25. The molecule has 6 nitrogen and oxygen atoms in total. The Morgan fingerprint density at radius 1 is 1.65 bits per heavy atom. The van der Waals surface area contributed by atoms with Gasteiger partial charge in [0.15, 0.2) is 0 Å². The van der Waals surface area contributed by atoms with E-state index in [2.05, 4.69) is 10.3 Å². The number of amides is 1. The lowest BCUT2D eigenvalue weighted by Gasteiger charge is -2.07. The molecule has 0 unspecified atom stereocenters. The Labute approximate surface area is 103 Å². The fourth-order valence-corrected chi connectivity index (χ4v) is 1.30. The molecule has 1 heterocycles. The van der Waals surface area contributed by atoms with Crippen LogP contribution in [-0.2, 0) is 0 Å². The maximum atomic E-state index is 11.7. The summed E-state index contributed by atoms with van der Waals surface area (Å²) in [6.45, 7) is 4.29. The zero-order valence-corrected chi connectivity index (χ0v) is 10.2. The number of nitrogens with zero attached hydrogens (tertiary/aromatic N) is 2. The highest BCUT2D eigenvalue weighted by atomic mass is 35.5. The summed E-state index contributed by atoms with van der Waals surface area (Å²) in [5, 5.41) is 13.4. The van der Waals surface area contributed by atoms with Gasteiger partial charge in [-0.05, 0) is 12.0 Å². The normalized spacial score (nSPS) is 10.4. The van der Waals surface area contributed by atoms with Crippen molar-refractivity contribution in [3.05, 3.63) is 33.1 Å². The largest absolute Gasteiger partial charge is 0.352 e. The van der Waals surface area contributed by atoms with Crippen molar-refractivity contribution in [3.8, 4) is 0 Å². The van der Waals surface area contributed by atoms with E-state index >= 15 is 0 Å². The molecule has 0 spiro atoms. The molecule has 0 radical (unpaired) electrons. The van der Waals surface area contributed by atoms with Crippen molar-refractivity contribution in [2.45, 2.75) is 13.8 Å². The Morgan fingerprint density at radius 3 is 2.82 bits per heavy atom. The first-order chi connectivity index (χ1) is 7.91. The summed E-state index contributed by atoms with van der Waals surface area (Å²) in [6, 6.07) is 1.19. The molecule has 0 aromatic carbocycles. The summed E-state index contributed by atoms with van der Waals surface area (Å²) in [5.74, 6) is -0.259. The van der Waals surface area contributed by atoms with E-state index in [0.29, 0.717) is 6.54 Å². The van der Waals surface area contributed by atoms with Gasteiger partial charge >= 0.3 is 0 Å². The topological polar surface area (TPSA) is 85.1 Å². The van der Waals surface area contributed by atoms with Crippen molar-refractivity contribution in [2.24, 2.45) is 5.92 Å². The van der Waals surface area contributed by atoms with Crippen LogP contribution < -0.4 is 5.32 Å². The Bertz CT molecular complexity index is 448. The minimum atomic E-state index is -0.659. The van der Waals surface area contributed by atoms with Crippen LogP contribution in [0.1, 0.15) is 24.2 Å². The quantitative estimate of drug-likeness (QED) is 0.508. The van der Waals surface area contributed by atoms with Gasteiger partial charge in [-0.3, -0.25) is 14.9 Å². The molecule has 0 bridgehead atoms. The van der Waals surface area contributed by atoms with Crippen LogP contribution in [0.5, 0.6) is 0 Å². The molecule has 92 valence electrons. The molecule has 1 rings (SSSR count). The first-order valence-electron chi connectivity index (χ1n) is 5.00. The molecule has 0 fully saturated rings. The molecule has 1 N–H and O–H groups in total. The maximum absolute atomic E-state index is 11.7. The van der Waals surface area contributed by atoms with E-state index in [0.717, 1.165) is 6.20 Å². The highest BCUT2D eigenvalue weighted by Gasteiger charge is 2.21. The average molecular weight is 258 g/mol. The predicted octanol–water partition coefficient (Wildman–Crippen LogP) is 2.03. The van der Waals surface area contributed by atoms with Crippen molar-refractivity contribution >= 4 is 23.2 Å². The molecule has 0 saturated carbocycles. The number of hydrogen-bond donors (Lipinski definition) is 1. The van der Waals surface area contributed by atoms with Crippen molar-refractivity contribution < 1.29 is 9.72 Å².